The van der Waals surface area contributed by atoms with Crippen molar-refractivity contribution in [3.63, 3.8) is 0 Å². The summed E-state index contributed by atoms with van der Waals surface area (Å²) in [5.41, 5.74) is 4.07. The van der Waals surface area contributed by atoms with E-state index in [1.165, 1.54) is 42.0 Å². The van der Waals surface area contributed by atoms with Gasteiger partial charge in [0.1, 0.15) is 0 Å². The standard InChI is InChI=1S/C16H16FN3O4/c1-10(24-13-6-4-3-5-12(13)17)15(22)18-19-16(23)11-7-8-20(2)14(21)9-11/h3-10H,1-2H3,(H,18,22)(H,19,23). The zero-order chi connectivity index (χ0) is 17.7. The third-order valence-corrected chi connectivity index (χ3v) is 3.18. The number of amides is 2. The van der Waals surface area contributed by atoms with Crippen LogP contribution in [-0.4, -0.2) is 22.5 Å². The summed E-state index contributed by atoms with van der Waals surface area (Å²) in [5, 5.41) is 0. The molecule has 0 bridgehead atoms. The maximum atomic E-state index is 13.5. The van der Waals surface area contributed by atoms with Crippen LogP contribution in [-0.2, 0) is 11.8 Å². The van der Waals surface area contributed by atoms with E-state index in [-0.39, 0.29) is 16.9 Å². The van der Waals surface area contributed by atoms with E-state index in [9.17, 15) is 18.8 Å². The molecule has 24 heavy (non-hydrogen) atoms. The van der Waals surface area contributed by atoms with E-state index >= 15 is 0 Å². The Labute approximate surface area is 137 Å². The fraction of sp³-hybridized carbons (Fsp3) is 0.188. The number of halogens is 1. The molecule has 0 radical (unpaired) electrons. The Kier molecular flexibility index (Phi) is 5.31. The maximum Gasteiger partial charge on any atom is 0.279 e. The van der Waals surface area contributed by atoms with Gasteiger partial charge in [-0.1, -0.05) is 12.1 Å². The molecule has 1 aromatic carbocycles. The summed E-state index contributed by atoms with van der Waals surface area (Å²) in [7, 11) is 1.55. The molecule has 0 saturated heterocycles. The predicted octanol–water partition coefficient (Wildman–Crippen LogP) is 0.753. The number of hydrogen-bond donors (Lipinski definition) is 2. The van der Waals surface area contributed by atoms with Gasteiger partial charge in [-0.25, -0.2) is 4.39 Å². The molecule has 7 nitrogen and oxygen atoms in total. The minimum Gasteiger partial charge on any atom is -0.478 e. The molecule has 2 amide bonds. The summed E-state index contributed by atoms with van der Waals surface area (Å²) in [6.45, 7) is 1.41. The van der Waals surface area contributed by atoms with E-state index in [2.05, 4.69) is 10.9 Å². The lowest BCUT2D eigenvalue weighted by Gasteiger charge is -2.15. The van der Waals surface area contributed by atoms with Crippen LogP contribution in [0.2, 0.25) is 0 Å². The highest BCUT2D eigenvalue weighted by molar-refractivity contribution is 5.95. The van der Waals surface area contributed by atoms with Crippen molar-refractivity contribution in [2.45, 2.75) is 13.0 Å². The van der Waals surface area contributed by atoms with Crippen molar-refractivity contribution in [2.24, 2.45) is 7.05 Å². The first kappa shape index (κ1) is 17.2. The third kappa shape index (κ3) is 4.19. The van der Waals surface area contributed by atoms with Crippen molar-refractivity contribution >= 4 is 11.8 Å². The van der Waals surface area contributed by atoms with Gasteiger partial charge in [-0.3, -0.25) is 25.2 Å². The van der Waals surface area contributed by atoms with Gasteiger partial charge in [-0.05, 0) is 25.1 Å². The van der Waals surface area contributed by atoms with Crippen LogP contribution in [0.1, 0.15) is 17.3 Å². The second-order valence-corrected chi connectivity index (χ2v) is 5.00. The number of para-hydroxylation sites is 1. The molecule has 2 rings (SSSR count). The predicted molar refractivity (Wildman–Crippen MR) is 83.8 cm³/mol. The molecular formula is C16H16FN3O4. The average Bonchev–Trinajstić information content (AvgIpc) is 2.56. The van der Waals surface area contributed by atoms with Crippen LogP contribution < -0.4 is 21.1 Å². The Hall–Kier alpha value is -3.16. The van der Waals surface area contributed by atoms with Crippen LogP contribution in [0.4, 0.5) is 4.39 Å². The Bertz CT molecular complexity index is 819. The number of hydrogen-bond acceptors (Lipinski definition) is 4. The minimum atomic E-state index is -1.04. The zero-order valence-corrected chi connectivity index (χ0v) is 13.1. The number of hydrazine groups is 1. The molecule has 2 N–H and O–H groups in total. The summed E-state index contributed by atoms with van der Waals surface area (Å²) in [6.07, 6.45) is 0.397. The maximum absolute atomic E-state index is 13.5. The highest BCUT2D eigenvalue weighted by Crippen LogP contribution is 2.16. The number of ether oxygens (including phenoxy) is 1. The fourth-order valence-corrected chi connectivity index (χ4v) is 1.77. The molecule has 0 aliphatic rings. The molecule has 1 heterocycles. The number of benzene rings is 1. The van der Waals surface area contributed by atoms with Gasteiger partial charge < -0.3 is 9.30 Å². The van der Waals surface area contributed by atoms with Gasteiger partial charge in [0, 0.05) is 24.9 Å². The Morgan fingerprint density at radius 1 is 1.21 bits per heavy atom. The van der Waals surface area contributed by atoms with Crippen molar-refractivity contribution < 1.29 is 18.7 Å². The van der Waals surface area contributed by atoms with Crippen molar-refractivity contribution in [2.75, 3.05) is 0 Å². The number of pyridine rings is 1. The van der Waals surface area contributed by atoms with E-state index in [1.54, 1.807) is 13.1 Å². The second kappa shape index (κ2) is 7.40. The monoisotopic (exact) mass is 333 g/mol. The Morgan fingerprint density at radius 3 is 2.58 bits per heavy atom. The van der Waals surface area contributed by atoms with E-state index in [4.69, 9.17) is 4.74 Å². The van der Waals surface area contributed by atoms with Crippen molar-refractivity contribution in [3.8, 4) is 5.75 Å². The normalized spacial score (nSPS) is 11.5. The Balaban J connectivity index is 1.92. The van der Waals surface area contributed by atoms with Gasteiger partial charge in [-0.2, -0.15) is 0 Å². The molecule has 8 heteroatoms. The number of carbonyl (C=O) groups excluding carboxylic acids is 2. The summed E-state index contributed by atoms with van der Waals surface area (Å²) in [6, 6.07) is 8.23. The first-order valence-electron chi connectivity index (χ1n) is 7.06. The highest BCUT2D eigenvalue weighted by Gasteiger charge is 2.17. The summed E-state index contributed by atoms with van der Waals surface area (Å²) in [4.78, 5) is 35.2. The van der Waals surface area contributed by atoms with Crippen molar-refractivity contribution in [3.05, 3.63) is 64.3 Å². The average molecular weight is 333 g/mol. The smallest absolute Gasteiger partial charge is 0.279 e. The van der Waals surface area contributed by atoms with Crippen LogP contribution in [0.15, 0.2) is 47.4 Å². The molecule has 1 unspecified atom stereocenters. The lowest BCUT2D eigenvalue weighted by atomic mass is 10.2. The molecule has 1 atom stereocenters. The number of nitrogens with zero attached hydrogens (tertiary/aromatic N) is 1. The molecular weight excluding hydrogens is 317 g/mol. The number of aryl methyl sites for hydroxylation is 1. The molecule has 0 saturated carbocycles. The molecule has 2 aromatic rings. The van der Waals surface area contributed by atoms with Crippen LogP contribution in [0.25, 0.3) is 0 Å². The van der Waals surface area contributed by atoms with Gasteiger partial charge in [0.25, 0.3) is 17.4 Å². The first-order chi connectivity index (χ1) is 11.4. The largest absolute Gasteiger partial charge is 0.478 e. The number of rotatable bonds is 4. The number of nitrogens with one attached hydrogen (secondary N) is 2. The van der Waals surface area contributed by atoms with Crippen molar-refractivity contribution in [1.29, 1.82) is 0 Å². The van der Waals surface area contributed by atoms with Gasteiger partial charge in [-0.15, -0.1) is 0 Å². The molecule has 1 aromatic heterocycles. The van der Waals surface area contributed by atoms with Crippen molar-refractivity contribution in [1.82, 2.24) is 15.4 Å². The number of carbonyl (C=O) groups is 2. The lowest BCUT2D eigenvalue weighted by molar-refractivity contribution is -0.128. The van der Waals surface area contributed by atoms with E-state index in [0.717, 1.165) is 6.07 Å². The quantitative estimate of drug-likeness (QED) is 0.808. The molecule has 126 valence electrons. The number of aromatic nitrogens is 1. The van der Waals surface area contributed by atoms with Gasteiger partial charge in [0.15, 0.2) is 17.7 Å². The summed E-state index contributed by atoms with van der Waals surface area (Å²) < 4.78 is 20.0. The van der Waals surface area contributed by atoms with Crippen LogP contribution in [0.3, 0.4) is 0 Å². The van der Waals surface area contributed by atoms with Gasteiger partial charge in [0.2, 0.25) is 0 Å². The minimum absolute atomic E-state index is 0.0713. The van der Waals surface area contributed by atoms with Crippen LogP contribution in [0, 0.1) is 5.82 Å². The van der Waals surface area contributed by atoms with E-state index in [0.29, 0.717) is 0 Å². The topological polar surface area (TPSA) is 89.4 Å². The summed E-state index contributed by atoms with van der Waals surface area (Å²) >= 11 is 0. The van der Waals surface area contributed by atoms with Crippen LogP contribution >= 0.6 is 0 Å². The van der Waals surface area contributed by atoms with Crippen LogP contribution in [0.5, 0.6) is 5.75 Å². The SMILES string of the molecule is CC(Oc1ccccc1F)C(=O)NNC(=O)c1ccn(C)c(=O)c1. The molecule has 0 fully saturated rings. The second-order valence-electron chi connectivity index (χ2n) is 5.00. The first-order valence-corrected chi connectivity index (χ1v) is 7.06. The molecule has 0 aliphatic heterocycles. The lowest BCUT2D eigenvalue weighted by Crippen LogP contribution is -2.47. The fourth-order valence-electron chi connectivity index (χ4n) is 1.77. The molecule has 0 aliphatic carbocycles. The highest BCUT2D eigenvalue weighted by atomic mass is 19.1. The van der Waals surface area contributed by atoms with E-state index < -0.39 is 23.7 Å². The van der Waals surface area contributed by atoms with Gasteiger partial charge >= 0.3 is 0 Å². The summed E-state index contributed by atoms with van der Waals surface area (Å²) in [5.74, 6) is -1.99. The van der Waals surface area contributed by atoms with Gasteiger partial charge in [0.05, 0.1) is 0 Å². The third-order valence-electron chi connectivity index (χ3n) is 3.18. The zero-order valence-electron chi connectivity index (χ0n) is 13.1. The molecule has 0 spiro atoms. The van der Waals surface area contributed by atoms with E-state index in [1.807, 2.05) is 0 Å². The Morgan fingerprint density at radius 2 is 1.92 bits per heavy atom.